The van der Waals surface area contributed by atoms with Gasteiger partial charge in [-0.2, -0.15) is 0 Å². The molecule has 1 saturated heterocycles. The van der Waals surface area contributed by atoms with E-state index in [2.05, 4.69) is 4.99 Å². The van der Waals surface area contributed by atoms with Gasteiger partial charge < -0.3 is 14.4 Å². The Hall–Kier alpha value is -2.05. The monoisotopic (exact) mass is 381 g/mol. The summed E-state index contributed by atoms with van der Waals surface area (Å²) in [7, 11) is 0. The second kappa shape index (κ2) is 9.24. The van der Waals surface area contributed by atoms with Crippen molar-refractivity contribution in [3.63, 3.8) is 0 Å². The lowest BCUT2D eigenvalue weighted by Crippen LogP contribution is -2.48. The number of guanidine groups is 1. The van der Waals surface area contributed by atoms with Crippen LogP contribution in [0.2, 0.25) is 0 Å². The number of aliphatic imine (C=N–C) groups is 1. The Morgan fingerprint density at radius 1 is 1.00 bits per heavy atom. The van der Waals surface area contributed by atoms with Crippen molar-refractivity contribution in [1.29, 1.82) is 0 Å². The van der Waals surface area contributed by atoms with Gasteiger partial charge in [-0.25, -0.2) is 14.5 Å². The number of nitrogens with zero attached hydrogens (tertiary/aromatic N) is 3. The van der Waals surface area contributed by atoms with Gasteiger partial charge in [0.25, 0.3) is 0 Å². The van der Waals surface area contributed by atoms with Crippen LogP contribution in [0.3, 0.4) is 0 Å². The van der Waals surface area contributed by atoms with Gasteiger partial charge in [-0.05, 0) is 68.2 Å². The zero-order valence-electron chi connectivity index (χ0n) is 18.1. The maximum absolute atomic E-state index is 12.9. The van der Waals surface area contributed by atoms with Gasteiger partial charge in [0.05, 0.1) is 6.54 Å². The van der Waals surface area contributed by atoms with E-state index in [4.69, 9.17) is 9.47 Å². The first-order chi connectivity index (χ1) is 12.3. The maximum Gasteiger partial charge on any atom is 0.437 e. The highest BCUT2D eigenvalue weighted by atomic mass is 16.6. The number of hydrogen-bond acceptors (Lipinski definition) is 4. The quantitative estimate of drug-likeness (QED) is 0.398. The lowest BCUT2D eigenvalue weighted by molar-refractivity contribution is 0.0365. The fraction of sp³-hybridized carbons (Fsp3) is 0.750. The summed E-state index contributed by atoms with van der Waals surface area (Å²) in [5.41, 5.74) is -0.253. The molecule has 1 heterocycles. The Labute approximate surface area is 163 Å². The van der Waals surface area contributed by atoms with E-state index < -0.39 is 23.4 Å². The number of hydrogen-bond donors (Lipinski definition) is 0. The molecule has 27 heavy (non-hydrogen) atoms. The number of likely N-dealkylation sites (tertiary alicyclic amines) is 1. The highest BCUT2D eigenvalue weighted by Gasteiger charge is 2.31. The Morgan fingerprint density at radius 2 is 1.52 bits per heavy atom. The van der Waals surface area contributed by atoms with Crippen LogP contribution in [-0.2, 0) is 9.47 Å². The van der Waals surface area contributed by atoms with E-state index in [-0.39, 0.29) is 12.5 Å². The third-order valence-electron chi connectivity index (χ3n) is 3.51. The summed E-state index contributed by atoms with van der Waals surface area (Å²) in [6.07, 6.45) is 2.63. The molecular formula is C20H35N3O4. The second-order valence-electron chi connectivity index (χ2n) is 8.96. The molecule has 1 fully saturated rings. The molecule has 2 amide bonds. The van der Waals surface area contributed by atoms with E-state index in [9.17, 15) is 9.59 Å². The molecule has 1 aliphatic heterocycles. The zero-order chi connectivity index (χ0) is 20.8. The summed E-state index contributed by atoms with van der Waals surface area (Å²) in [6, 6.07) is 0. The molecule has 0 spiro atoms. The molecule has 0 atom stereocenters. The van der Waals surface area contributed by atoms with Gasteiger partial charge >= 0.3 is 12.2 Å². The van der Waals surface area contributed by atoms with Crippen LogP contribution in [0.25, 0.3) is 0 Å². The fourth-order valence-electron chi connectivity index (χ4n) is 2.41. The van der Waals surface area contributed by atoms with Crippen molar-refractivity contribution in [2.75, 3.05) is 19.6 Å². The molecule has 1 aliphatic rings. The third kappa shape index (κ3) is 8.93. The van der Waals surface area contributed by atoms with Crippen molar-refractivity contribution in [2.24, 2.45) is 4.99 Å². The van der Waals surface area contributed by atoms with Gasteiger partial charge in [-0.1, -0.05) is 11.6 Å². The van der Waals surface area contributed by atoms with Gasteiger partial charge in [0.1, 0.15) is 11.2 Å². The summed E-state index contributed by atoms with van der Waals surface area (Å²) in [5, 5.41) is 0. The lowest BCUT2D eigenvalue weighted by Gasteiger charge is -2.31. The van der Waals surface area contributed by atoms with Crippen molar-refractivity contribution in [1.82, 2.24) is 9.80 Å². The number of carbonyl (C=O) groups excluding carboxylic acids is 2. The largest absolute Gasteiger partial charge is 0.443 e. The minimum atomic E-state index is -0.713. The number of rotatable bonds is 2. The van der Waals surface area contributed by atoms with Gasteiger partial charge in [0.2, 0.25) is 5.96 Å². The van der Waals surface area contributed by atoms with Crippen LogP contribution in [0, 0.1) is 0 Å². The number of carbonyl (C=O) groups is 2. The molecule has 0 saturated carbocycles. The highest BCUT2D eigenvalue weighted by molar-refractivity contribution is 5.99. The van der Waals surface area contributed by atoms with Crippen LogP contribution in [-0.4, -0.2) is 58.8 Å². The van der Waals surface area contributed by atoms with Crippen molar-refractivity contribution < 1.29 is 19.1 Å². The van der Waals surface area contributed by atoms with Gasteiger partial charge in [0.15, 0.2) is 0 Å². The van der Waals surface area contributed by atoms with Crippen molar-refractivity contribution in [3.05, 3.63) is 11.6 Å². The van der Waals surface area contributed by atoms with E-state index in [1.54, 1.807) is 20.8 Å². The molecular weight excluding hydrogens is 346 g/mol. The number of amides is 2. The van der Waals surface area contributed by atoms with E-state index in [1.165, 1.54) is 4.90 Å². The van der Waals surface area contributed by atoms with E-state index in [1.807, 2.05) is 45.6 Å². The molecule has 0 aromatic rings. The van der Waals surface area contributed by atoms with E-state index in [0.717, 1.165) is 31.5 Å². The first kappa shape index (κ1) is 23.0. The normalized spacial score (nSPS) is 15.4. The predicted octanol–water partition coefficient (Wildman–Crippen LogP) is 4.58. The van der Waals surface area contributed by atoms with Gasteiger partial charge in [0, 0.05) is 13.1 Å². The maximum atomic E-state index is 12.9. The first-order valence-corrected chi connectivity index (χ1v) is 9.49. The Morgan fingerprint density at radius 3 is 1.96 bits per heavy atom. The van der Waals surface area contributed by atoms with Crippen LogP contribution in [0.1, 0.15) is 68.2 Å². The minimum Gasteiger partial charge on any atom is -0.443 e. The second-order valence-corrected chi connectivity index (χ2v) is 8.96. The number of allylic oxidation sites excluding steroid dienone is 1. The average Bonchev–Trinajstić information content (AvgIpc) is 2.95. The summed E-state index contributed by atoms with van der Waals surface area (Å²) in [4.78, 5) is 32.7. The molecule has 0 bridgehead atoms. The molecule has 7 heteroatoms. The summed E-state index contributed by atoms with van der Waals surface area (Å²) < 4.78 is 10.9. The zero-order valence-corrected chi connectivity index (χ0v) is 18.1. The molecule has 154 valence electrons. The lowest BCUT2D eigenvalue weighted by atomic mass is 10.2. The average molecular weight is 382 g/mol. The van der Waals surface area contributed by atoms with Crippen LogP contribution >= 0.6 is 0 Å². The SMILES string of the molecule is CC(C)=CCN(C(=O)OC(C)(C)C)/C(=N/C(=O)OC(C)(C)C)N1CCCC1. The van der Waals surface area contributed by atoms with Crippen molar-refractivity contribution >= 4 is 18.1 Å². The predicted molar refractivity (Wildman–Crippen MR) is 107 cm³/mol. The van der Waals surface area contributed by atoms with Crippen molar-refractivity contribution in [2.45, 2.75) is 79.4 Å². The minimum absolute atomic E-state index is 0.273. The van der Waals surface area contributed by atoms with Gasteiger partial charge in [-0.15, -0.1) is 4.99 Å². The molecule has 0 radical (unpaired) electrons. The highest BCUT2D eigenvalue weighted by Crippen LogP contribution is 2.17. The van der Waals surface area contributed by atoms with E-state index >= 15 is 0 Å². The topological polar surface area (TPSA) is 71.4 Å². The number of ether oxygens (including phenoxy) is 2. The van der Waals surface area contributed by atoms with Crippen LogP contribution < -0.4 is 0 Å². The molecule has 0 N–H and O–H groups in total. The van der Waals surface area contributed by atoms with Crippen LogP contribution in [0.4, 0.5) is 9.59 Å². The van der Waals surface area contributed by atoms with Crippen LogP contribution in [0.15, 0.2) is 16.6 Å². The van der Waals surface area contributed by atoms with Gasteiger partial charge in [-0.3, -0.25) is 0 Å². The summed E-state index contributed by atoms with van der Waals surface area (Å²) >= 11 is 0. The smallest absolute Gasteiger partial charge is 0.437 e. The molecule has 1 rings (SSSR count). The molecule has 0 unspecified atom stereocenters. The van der Waals surface area contributed by atoms with Crippen LogP contribution in [0.5, 0.6) is 0 Å². The van der Waals surface area contributed by atoms with E-state index in [0.29, 0.717) is 0 Å². The Balaban J connectivity index is 3.24. The summed E-state index contributed by atoms with van der Waals surface area (Å²) in [5.74, 6) is 0.286. The molecule has 0 aromatic carbocycles. The standard InChI is InChI=1S/C20H35N3O4/c1-15(2)11-14-23(18(25)27-20(6,7)8)16(22-12-9-10-13-22)21-17(24)26-19(3,4)5/h11H,9-10,12-14H2,1-8H3/b21-16+. The first-order valence-electron chi connectivity index (χ1n) is 9.49. The Kier molecular flexibility index (Phi) is 7.87. The van der Waals surface area contributed by atoms with Crippen molar-refractivity contribution in [3.8, 4) is 0 Å². The molecule has 7 nitrogen and oxygen atoms in total. The third-order valence-corrected chi connectivity index (χ3v) is 3.51. The Bertz CT molecular complexity index is 587. The molecule has 0 aliphatic carbocycles. The summed E-state index contributed by atoms with van der Waals surface area (Å²) in [6.45, 7) is 16.4. The molecule has 0 aromatic heterocycles. The fourth-order valence-corrected chi connectivity index (χ4v) is 2.41.